The summed E-state index contributed by atoms with van der Waals surface area (Å²) in [5.74, 6) is 0. The van der Waals surface area contributed by atoms with Crippen molar-refractivity contribution >= 4 is 5.69 Å². The summed E-state index contributed by atoms with van der Waals surface area (Å²) in [5.41, 5.74) is 5.14. The Morgan fingerprint density at radius 2 is 1.69 bits per heavy atom. The third kappa shape index (κ3) is 1.54. The number of hydrogen-bond donors (Lipinski definition) is 1. The van der Waals surface area contributed by atoms with Gasteiger partial charge < -0.3 is 5.73 Å². The van der Waals surface area contributed by atoms with Crippen molar-refractivity contribution in [2.75, 3.05) is 5.73 Å². The van der Waals surface area contributed by atoms with E-state index in [2.05, 4.69) is 0 Å². The van der Waals surface area contributed by atoms with Crippen LogP contribution in [-0.2, 0) is 0 Å². The molecule has 0 atom stereocenters. The van der Waals surface area contributed by atoms with Gasteiger partial charge in [0, 0.05) is 11.3 Å². The van der Waals surface area contributed by atoms with E-state index < -0.39 is 30.2 Å². The van der Waals surface area contributed by atoms with Crippen LogP contribution in [0.2, 0.25) is 0 Å². The Balaban J connectivity index is 2.96. The minimum atomic E-state index is -0.540. The lowest BCUT2D eigenvalue weighted by atomic mass is 10.0. The van der Waals surface area contributed by atoms with Crippen LogP contribution in [0.15, 0.2) is 54.4 Å². The average molecular weight is 177 g/mol. The van der Waals surface area contributed by atoms with E-state index in [4.69, 9.17) is 16.7 Å². The van der Waals surface area contributed by atoms with Gasteiger partial charge in [0.15, 0.2) is 0 Å². The first-order valence-corrected chi connectivity index (χ1v) is 3.62. The molecule has 0 saturated carbocycles. The maximum atomic E-state index is 7.87. The molecule has 0 fully saturated rings. The van der Waals surface area contributed by atoms with E-state index in [0.717, 1.165) is 6.07 Å². The molecule has 1 heteroatoms. The van der Waals surface area contributed by atoms with Crippen LogP contribution in [0.25, 0.3) is 11.1 Å². The number of rotatable bonds is 1. The molecule has 0 unspecified atom stereocenters. The van der Waals surface area contributed by atoms with Gasteiger partial charge in [-0.25, -0.2) is 0 Å². The van der Waals surface area contributed by atoms with Crippen LogP contribution in [0, 0.1) is 0 Å². The Labute approximate surface area is 89.1 Å². The van der Waals surface area contributed by atoms with E-state index in [9.17, 15) is 0 Å². The van der Waals surface area contributed by atoms with Crippen LogP contribution in [0.3, 0.4) is 0 Å². The fourth-order valence-electron chi connectivity index (χ4n) is 0.944. The van der Waals surface area contributed by atoms with Crippen LogP contribution < -0.4 is 5.73 Å². The van der Waals surface area contributed by atoms with Gasteiger partial charge in [0.2, 0.25) is 0 Å². The van der Waals surface area contributed by atoms with Gasteiger partial charge in [0.05, 0.1) is 11.0 Å². The lowest BCUT2D eigenvalue weighted by Gasteiger charge is -2.03. The Bertz CT molecular complexity index is 727. The summed E-state index contributed by atoms with van der Waals surface area (Å²) >= 11 is 0. The molecule has 0 aliphatic heterocycles. The van der Waals surface area contributed by atoms with E-state index in [0.29, 0.717) is 0 Å². The van der Waals surface area contributed by atoms with Crippen LogP contribution in [0.5, 0.6) is 0 Å². The zero-order valence-electron chi connectivity index (χ0n) is 14.7. The summed E-state index contributed by atoms with van der Waals surface area (Å²) in [4.78, 5) is 0. The summed E-state index contributed by atoms with van der Waals surface area (Å²) < 4.78 is 61.6. The molecule has 0 heterocycles. The predicted octanol–water partition coefficient (Wildman–Crippen LogP) is 2.94. The number of hydrogen-bond acceptors (Lipinski definition) is 1. The Hall–Kier alpha value is -1.76. The largest absolute Gasteiger partial charge is 0.398 e. The lowest BCUT2D eigenvalue weighted by molar-refractivity contribution is 1.61. The molecule has 0 aliphatic carbocycles. The van der Waals surface area contributed by atoms with Crippen molar-refractivity contribution in [2.24, 2.45) is 0 Å². The Morgan fingerprint density at radius 1 is 0.923 bits per heavy atom. The van der Waals surface area contributed by atoms with E-state index in [1.165, 1.54) is 0 Å². The van der Waals surface area contributed by atoms with Gasteiger partial charge >= 0.3 is 0 Å². The standard InChI is InChI=1S/C12H11N/c13-12-9-5-4-8-11(12)10-6-2-1-3-7-10/h1-9H,13H2/i1D,2D,3D,5D,6D,7D,8D,9D. The Kier molecular flexibility index (Phi) is 0.734. The summed E-state index contributed by atoms with van der Waals surface area (Å²) in [6.07, 6.45) is 0. The molecule has 0 aromatic heterocycles. The highest BCUT2D eigenvalue weighted by Crippen LogP contribution is 2.24. The maximum Gasteiger partial charge on any atom is 0.0645 e. The molecule has 2 aromatic rings. The number of anilines is 1. The lowest BCUT2D eigenvalue weighted by Crippen LogP contribution is -1.88. The second kappa shape index (κ2) is 3.31. The molecule has 1 nitrogen and oxygen atoms in total. The van der Waals surface area contributed by atoms with Crippen molar-refractivity contribution in [3.63, 3.8) is 0 Å². The molecular weight excluding hydrogens is 158 g/mol. The molecule has 0 amide bonds. The van der Waals surface area contributed by atoms with Crippen molar-refractivity contribution in [2.45, 2.75) is 0 Å². The zero-order valence-corrected chi connectivity index (χ0v) is 6.65. The molecule has 2 aromatic carbocycles. The van der Waals surface area contributed by atoms with Gasteiger partial charge in [-0.2, -0.15) is 0 Å². The highest BCUT2D eigenvalue weighted by Gasteiger charge is 1.98. The quantitative estimate of drug-likeness (QED) is 0.666. The zero-order chi connectivity index (χ0) is 16.1. The minimum absolute atomic E-state index is 0.118. The molecule has 0 radical (unpaired) electrons. The van der Waals surface area contributed by atoms with Gasteiger partial charge in [0.1, 0.15) is 0 Å². The first-order valence-electron chi connectivity index (χ1n) is 7.62. The molecule has 2 N–H and O–H groups in total. The van der Waals surface area contributed by atoms with Crippen LogP contribution >= 0.6 is 0 Å². The molecule has 0 bridgehead atoms. The van der Waals surface area contributed by atoms with Gasteiger partial charge in [-0.3, -0.25) is 0 Å². The van der Waals surface area contributed by atoms with E-state index >= 15 is 0 Å². The van der Waals surface area contributed by atoms with Crippen LogP contribution in [0.1, 0.15) is 11.0 Å². The SMILES string of the molecule is [2H]c1cc([2H])c(-c2c([2H])c([2H])c([2H])c([2H])c2[2H])c(N)c1[2H]. The monoisotopic (exact) mass is 177 g/mol. The fourth-order valence-corrected chi connectivity index (χ4v) is 0.944. The number of nitrogens with two attached hydrogens (primary N) is 1. The Morgan fingerprint density at radius 3 is 2.46 bits per heavy atom. The third-order valence-corrected chi connectivity index (χ3v) is 1.51. The molecule has 13 heavy (non-hydrogen) atoms. The summed E-state index contributed by atoms with van der Waals surface area (Å²) in [6.45, 7) is 0. The van der Waals surface area contributed by atoms with Crippen molar-refractivity contribution in [1.29, 1.82) is 0 Å². The topological polar surface area (TPSA) is 26.0 Å². The fraction of sp³-hybridized carbons (Fsp3) is 0. The number of benzene rings is 2. The highest BCUT2D eigenvalue weighted by atomic mass is 14.6. The third-order valence-electron chi connectivity index (χ3n) is 1.51. The first-order chi connectivity index (χ1) is 9.68. The predicted molar refractivity (Wildman–Crippen MR) is 56.3 cm³/mol. The van der Waals surface area contributed by atoms with Crippen molar-refractivity contribution in [3.8, 4) is 11.1 Å². The smallest absolute Gasteiger partial charge is 0.0645 e. The number of para-hydroxylation sites is 1. The van der Waals surface area contributed by atoms with Crippen molar-refractivity contribution in [3.05, 3.63) is 54.4 Å². The van der Waals surface area contributed by atoms with Gasteiger partial charge in [0.25, 0.3) is 0 Å². The molecule has 0 aliphatic rings. The second-order valence-corrected chi connectivity index (χ2v) is 2.35. The van der Waals surface area contributed by atoms with Crippen LogP contribution in [-0.4, -0.2) is 0 Å². The van der Waals surface area contributed by atoms with E-state index in [1.54, 1.807) is 0 Å². The van der Waals surface area contributed by atoms with Gasteiger partial charge in [-0.05, 0) is 11.6 Å². The first kappa shape index (κ1) is 2.88. The van der Waals surface area contributed by atoms with Crippen molar-refractivity contribution in [1.82, 2.24) is 0 Å². The maximum absolute atomic E-state index is 7.87. The van der Waals surface area contributed by atoms with Crippen LogP contribution in [0.4, 0.5) is 5.69 Å². The molecule has 0 saturated heterocycles. The second-order valence-electron chi connectivity index (χ2n) is 2.35. The summed E-state index contributed by atoms with van der Waals surface area (Å²) in [5, 5.41) is 0. The summed E-state index contributed by atoms with van der Waals surface area (Å²) in [6, 6.07) is -2.38. The molecule has 0 spiro atoms. The molecule has 2 rings (SSSR count). The highest BCUT2D eigenvalue weighted by molar-refractivity contribution is 5.75. The summed E-state index contributed by atoms with van der Waals surface area (Å²) in [7, 11) is 0. The van der Waals surface area contributed by atoms with Gasteiger partial charge in [-0.1, -0.05) is 48.4 Å². The van der Waals surface area contributed by atoms with E-state index in [1.807, 2.05) is 0 Å². The number of nitrogen functional groups attached to an aromatic ring is 1. The average Bonchev–Trinajstić information content (AvgIpc) is 2.44. The minimum Gasteiger partial charge on any atom is -0.398 e. The van der Waals surface area contributed by atoms with Gasteiger partial charge in [-0.15, -0.1) is 0 Å². The molecule has 64 valence electrons. The molecular formula is C12H11N. The van der Waals surface area contributed by atoms with Crippen molar-refractivity contribution < 1.29 is 11.0 Å². The normalized spacial score (nSPS) is 18.5. The van der Waals surface area contributed by atoms with E-state index in [-0.39, 0.29) is 34.9 Å².